The second-order valence-electron chi connectivity index (χ2n) is 28.4. The number of anilines is 2. The maximum atomic E-state index is 15.7. The van der Waals surface area contributed by atoms with Crippen LogP contribution in [0.1, 0.15) is 172 Å². The van der Waals surface area contributed by atoms with Gasteiger partial charge in [-0.1, -0.05) is 94.4 Å². The van der Waals surface area contributed by atoms with Crippen LogP contribution in [0.25, 0.3) is 22.6 Å². The number of esters is 2. The Hall–Kier alpha value is -8.92. The molecular weight excluding hydrogens is 1280 g/mol. The van der Waals surface area contributed by atoms with Gasteiger partial charge in [0.2, 0.25) is 52.7 Å². The van der Waals surface area contributed by atoms with Gasteiger partial charge in [-0.15, -0.1) is 0 Å². The SMILES string of the molecule is CCCCCCCCNc1cc(C(=O)N[C@@H]2C(=O)N[C@H](C(C)C)C(=O)N3CCC[C@H]3C(=O)N(C)CC(=O)N(C)[C@@H](C(C)C)C(=O)O[C@@H]2C)c2nc3c(C(=O)N[C@@H]4C(=O)N[C@H](C(C)C)C(=O)N5CCC[C@H]5C(=O)N(C)CC(=O)N(C)[C@@H](C(C)C)C(=O)O[C@@H]4C)c(N)c(=O)c(C)c-3oc2c1C. The highest BCUT2D eigenvalue weighted by Gasteiger charge is 2.47. The van der Waals surface area contributed by atoms with E-state index in [2.05, 4.69) is 33.5 Å². The average molecular weight is 1380 g/mol. The average Bonchev–Trinajstić information content (AvgIpc) is 0.845. The summed E-state index contributed by atoms with van der Waals surface area (Å²) in [6, 6.07) is -9.37. The van der Waals surface area contributed by atoms with Gasteiger partial charge in [-0.3, -0.25) is 52.7 Å². The highest BCUT2D eigenvalue weighted by Crippen LogP contribution is 2.38. The van der Waals surface area contributed by atoms with Crippen molar-refractivity contribution in [3.05, 3.63) is 38.5 Å². The Kier molecular flexibility index (Phi) is 25.7. The number of amides is 10. The number of unbranched alkanes of at least 4 members (excludes halogenated alkanes) is 5. The number of rotatable bonds is 16. The first-order chi connectivity index (χ1) is 46.6. The maximum Gasteiger partial charge on any atom is 0.329 e. The lowest BCUT2D eigenvalue weighted by atomic mass is 9.98. The molecule has 5 aliphatic heterocycles. The van der Waals surface area contributed by atoms with Crippen LogP contribution in [-0.4, -0.2) is 227 Å². The number of cyclic esters (lactones) is 2. The highest BCUT2D eigenvalue weighted by atomic mass is 16.6. The number of fused-ring (bicyclic) bond motifs is 4. The van der Waals surface area contributed by atoms with Crippen LogP contribution in [0.15, 0.2) is 15.3 Å². The number of hydrogen-bond donors (Lipinski definition) is 6. The predicted octanol–water partition coefficient (Wildman–Crippen LogP) is 3.50. The lowest BCUT2D eigenvalue weighted by molar-refractivity contribution is -0.163. The summed E-state index contributed by atoms with van der Waals surface area (Å²) >= 11 is 0. The molecule has 1 aromatic rings. The largest absolute Gasteiger partial charge is 0.458 e. The van der Waals surface area contributed by atoms with Crippen molar-refractivity contribution < 1.29 is 71.4 Å². The molecule has 5 heterocycles. The smallest absolute Gasteiger partial charge is 0.329 e. The molecule has 10 amide bonds. The Bertz CT molecular complexity index is 3630. The van der Waals surface area contributed by atoms with Gasteiger partial charge < -0.3 is 75.6 Å². The van der Waals surface area contributed by atoms with E-state index in [-0.39, 0.29) is 53.9 Å². The summed E-state index contributed by atoms with van der Waals surface area (Å²) in [5.74, 6) is -12.4. The molecule has 7 N–H and O–H groups in total. The van der Waals surface area contributed by atoms with Gasteiger partial charge in [-0.25, -0.2) is 14.6 Å². The van der Waals surface area contributed by atoms with E-state index in [0.717, 1.165) is 41.9 Å². The number of carbonyl (C=O) groups excluding carboxylic acids is 12. The van der Waals surface area contributed by atoms with Gasteiger partial charge in [0.15, 0.2) is 11.3 Å². The lowest BCUT2D eigenvalue weighted by Crippen LogP contribution is -2.61. The summed E-state index contributed by atoms with van der Waals surface area (Å²) in [5.41, 5.74) is 4.09. The fourth-order valence-corrected chi connectivity index (χ4v) is 13.6. The van der Waals surface area contributed by atoms with Gasteiger partial charge in [0.25, 0.3) is 11.8 Å². The Morgan fingerprint density at radius 2 is 1.06 bits per heavy atom. The first kappa shape index (κ1) is 77.4. The zero-order valence-corrected chi connectivity index (χ0v) is 60.5. The maximum absolute atomic E-state index is 15.7. The van der Waals surface area contributed by atoms with Crippen molar-refractivity contribution in [3.63, 3.8) is 0 Å². The summed E-state index contributed by atoms with van der Waals surface area (Å²) in [4.78, 5) is 202. The fraction of sp³-hybridized carbons (Fsp3) is 0.657. The van der Waals surface area contributed by atoms with Gasteiger partial charge in [0.05, 0.1) is 29.9 Å². The van der Waals surface area contributed by atoms with Crippen molar-refractivity contribution in [2.75, 3.05) is 72.0 Å². The zero-order chi connectivity index (χ0) is 73.5. The molecule has 0 unspecified atom stereocenters. The normalized spacial score (nSPS) is 24.9. The first-order valence-electron chi connectivity index (χ1n) is 34.8. The Labute approximate surface area is 578 Å². The molecule has 6 aliphatic rings. The van der Waals surface area contributed by atoms with Crippen molar-refractivity contribution in [1.82, 2.24) is 55.7 Å². The molecule has 0 aromatic heterocycles. The van der Waals surface area contributed by atoms with Crippen LogP contribution in [0, 0.1) is 37.5 Å². The van der Waals surface area contributed by atoms with Gasteiger partial charge in [0, 0.05) is 64.6 Å². The van der Waals surface area contributed by atoms with Crippen LogP contribution in [0.3, 0.4) is 0 Å². The quantitative estimate of drug-likeness (QED) is 0.0517. The van der Waals surface area contributed by atoms with E-state index in [1.807, 2.05) is 0 Å². The number of aryl methyl sites for hydroxylation is 1. The number of hydrogen-bond acceptors (Lipinski definition) is 19. The number of benzene rings is 2. The number of nitrogens with two attached hydrogens (primary N) is 1. The number of nitrogen functional groups attached to an aromatic ring is 1. The van der Waals surface area contributed by atoms with E-state index in [1.54, 1.807) is 62.3 Å². The predicted molar refractivity (Wildman–Crippen MR) is 367 cm³/mol. The van der Waals surface area contributed by atoms with Crippen molar-refractivity contribution in [2.24, 2.45) is 23.7 Å². The van der Waals surface area contributed by atoms with Gasteiger partial charge in [-0.2, -0.15) is 0 Å². The molecule has 0 saturated carbocycles. The van der Waals surface area contributed by atoms with E-state index in [0.29, 0.717) is 37.1 Å². The molecule has 544 valence electrons. The van der Waals surface area contributed by atoms with Crippen LogP contribution < -0.4 is 37.7 Å². The summed E-state index contributed by atoms with van der Waals surface area (Å²) < 4.78 is 18.7. The van der Waals surface area contributed by atoms with E-state index in [1.165, 1.54) is 74.6 Å². The third-order valence-corrected chi connectivity index (χ3v) is 19.5. The van der Waals surface area contributed by atoms with Crippen LogP contribution in [0.2, 0.25) is 0 Å². The molecule has 99 heavy (non-hydrogen) atoms. The number of aromatic nitrogens is 1. The summed E-state index contributed by atoms with van der Waals surface area (Å²) in [7, 11) is 5.62. The van der Waals surface area contributed by atoms with Crippen LogP contribution in [0.5, 0.6) is 0 Å². The molecule has 4 saturated heterocycles. The standard InChI is InChI=1S/C70H103N13O16/c1-18-19-20-21-22-23-28-72-43-31-42(61(87)76-52-40(12)97-69(95)56(36(6)7)80(16)46(84)32-78(14)65(91)44-26-24-29-82(44)67(93)50(34(2)3)74-63(52)89)54-59(38(43)10)99-60-39(11)58(86)49(71)48(55(60)73-54)62(88)77-53-41(13)98-70(96)57(37(8)9)81(17)47(85)33-79(15)66(92)45-27-25-30-83(45)68(94)51(35(4)5)75-64(53)90/h31,34-37,40-41,44-45,50-53,56-57,72H,18-30,32-33,71H2,1-17H3,(H,74,89)(H,75,90)(H,76,87)(H,77,88)/t40-,41-,44+,45+,50-,51-,52+,53+,56+,57+/m1/s1. The fourth-order valence-electron chi connectivity index (χ4n) is 13.6. The van der Waals surface area contributed by atoms with E-state index >= 15 is 19.2 Å². The molecule has 7 rings (SSSR count). The first-order valence-corrected chi connectivity index (χ1v) is 34.8. The van der Waals surface area contributed by atoms with Crippen molar-refractivity contribution in [1.29, 1.82) is 0 Å². The molecule has 10 atom stereocenters. The minimum atomic E-state index is -1.90. The molecule has 0 spiro atoms. The number of nitrogens with one attached hydrogen (secondary N) is 5. The molecule has 1 aromatic carbocycles. The van der Waals surface area contributed by atoms with Crippen molar-refractivity contribution in [3.8, 4) is 11.5 Å². The van der Waals surface area contributed by atoms with Crippen molar-refractivity contribution >= 4 is 93.5 Å². The molecule has 0 bridgehead atoms. The lowest BCUT2D eigenvalue weighted by Gasteiger charge is -2.36. The van der Waals surface area contributed by atoms with Crippen LogP contribution in [-0.2, 0) is 57.4 Å². The molecule has 29 heteroatoms. The number of nitrogens with zero attached hydrogens (tertiary/aromatic N) is 7. The second-order valence-corrected chi connectivity index (χ2v) is 28.4. The Morgan fingerprint density at radius 1 is 0.616 bits per heavy atom. The molecule has 29 nitrogen and oxygen atoms in total. The van der Waals surface area contributed by atoms with Crippen LogP contribution in [0.4, 0.5) is 11.4 Å². The third kappa shape index (κ3) is 16.9. The summed E-state index contributed by atoms with van der Waals surface area (Å²) in [6.07, 6.45) is 4.03. The zero-order valence-electron chi connectivity index (χ0n) is 60.5. The molecule has 4 fully saturated rings. The minimum absolute atomic E-state index is 0.0713. The topological polar surface area (TPSA) is 372 Å². The number of likely N-dealkylation sites (N-methyl/N-ethyl adjacent to an activating group) is 4. The van der Waals surface area contributed by atoms with E-state index in [9.17, 15) is 43.2 Å². The number of ether oxygens (including phenoxy) is 2. The third-order valence-electron chi connectivity index (χ3n) is 19.5. The monoisotopic (exact) mass is 1380 g/mol. The van der Waals surface area contributed by atoms with Gasteiger partial charge in [0.1, 0.15) is 71.8 Å². The summed E-state index contributed by atoms with van der Waals surface area (Å²) in [6.45, 7) is 21.1. The Balaban J connectivity index is 1.39. The van der Waals surface area contributed by atoms with Gasteiger partial charge >= 0.3 is 11.9 Å². The van der Waals surface area contributed by atoms with Crippen molar-refractivity contribution in [2.45, 2.75) is 215 Å². The molecule has 0 radical (unpaired) electrons. The Morgan fingerprint density at radius 3 is 1.51 bits per heavy atom. The van der Waals surface area contributed by atoms with E-state index in [4.69, 9.17) is 24.6 Å². The molecular formula is C70H103N13O16. The number of carbonyl (C=O) groups is 12. The molecule has 1 aliphatic carbocycles. The second kappa shape index (κ2) is 32.8. The van der Waals surface area contributed by atoms with Gasteiger partial charge in [-0.05, 0) is 89.5 Å². The summed E-state index contributed by atoms with van der Waals surface area (Å²) in [5, 5.41) is 14.3. The van der Waals surface area contributed by atoms with Crippen LogP contribution >= 0.6 is 0 Å². The van der Waals surface area contributed by atoms with E-state index < -0.39 is 191 Å². The highest BCUT2D eigenvalue weighted by molar-refractivity contribution is 6.11. The minimum Gasteiger partial charge on any atom is -0.458 e.